The Labute approximate surface area is 143 Å². The molecule has 0 amide bonds. The fraction of sp³-hybridized carbons (Fsp3) is 0.471. The van der Waals surface area contributed by atoms with Crippen LogP contribution >= 0.6 is 11.6 Å². The first kappa shape index (κ1) is 17.3. The van der Waals surface area contributed by atoms with Crippen LogP contribution in [0.1, 0.15) is 37.8 Å². The third-order valence-electron chi connectivity index (χ3n) is 4.39. The second-order valence-electron chi connectivity index (χ2n) is 6.34. The van der Waals surface area contributed by atoms with Gasteiger partial charge in [0.1, 0.15) is 5.69 Å². The summed E-state index contributed by atoms with van der Waals surface area (Å²) in [5, 5.41) is 4.31. The Morgan fingerprint density at radius 2 is 1.92 bits per heavy atom. The number of nitrogens with zero attached hydrogens (tertiary/aromatic N) is 1. The lowest BCUT2D eigenvalue weighted by atomic mass is 10.0. The number of benzene rings is 1. The first-order valence-corrected chi connectivity index (χ1v) is 8.40. The topological polar surface area (TPSA) is 50.9 Å². The first-order valence-electron chi connectivity index (χ1n) is 8.02. The van der Waals surface area contributed by atoms with E-state index in [1.807, 2.05) is 0 Å². The van der Waals surface area contributed by atoms with Gasteiger partial charge in [0.25, 0.3) is 0 Å². The fourth-order valence-corrected chi connectivity index (χ4v) is 3.38. The largest absolute Gasteiger partial charge is 0.433 e. The molecule has 3 nitrogen and oxygen atoms in total. The number of rotatable bonds is 2. The van der Waals surface area contributed by atoms with Crippen molar-refractivity contribution in [2.24, 2.45) is 5.73 Å². The van der Waals surface area contributed by atoms with Crippen LogP contribution < -0.4 is 11.1 Å². The maximum Gasteiger partial charge on any atom is 0.433 e. The first-order chi connectivity index (χ1) is 11.3. The third-order valence-corrected chi connectivity index (χ3v) is 4.62. The molecule has 0 aliphatic heterocycles. The predicted molar refractivity (Wildman–Crippen MR) is 90.2 cm³/mol. The quantitative estimate of drug-likeness (QED) is 0.745. The monoisotopic (exact) mass is 357 g/mol. The molecule has 1 aliphatic rings. The van der Waals surface area contributed by atoms with Crippen molar-refractivity contribution in [3.8, 4) is 0 Å². The lowest BCUT2D eigenvalue weighted by molar-refractivity contribution is -0.140. The molecule has 7 heteroatoms. The molecule has 24 heavy (non-hydrogen) atoms. The van der Waals surface area contributed by atoms with Crippen molar-refractivity contribution in [2.45, 2.75) is 50.4 Å². The molecule has 0 spiro atoms. The van der Waals surface area contributed by atoms with Crippen LogP contribution in [-0.2, 0) is 6.18 Å². The maximum atomic E-state index is 13.1. The highest BCUT2D eigenvalue weighted by molar-refractivity contribution is 6.31. The Hall–Kier alpha value is -1.53. The number of pyridine rings is 1. The van der Waals surface area contributed by atoms with Gasteiger partial charge in [0.05, 0.1) is 5.52 Å². The molecule has 3 rings (SSSR count). The predicted octanol–water partition coefficient (Wildman–Crippen LogP) is 4.98. The van der Waals surface area contributed by atoms with E-state index in [0.717, 1.165) is 38.2 Å². The minimum atomic E-state index is -4.50. The van der Waals surface area contributed by atoms with Gasteiger partial charge in [-0.05, 0) is 43.5 Å². The van der Waals surface area contributed by atoms with Crippen LogP contribution in [0.5, 0.6) is 0 Å². The average molecular weight is 358 g/mol. The smallest absolute Gasteiger partial charge is 0.382 e. The number of anilines is 1. The summed E-state index contributed by atoms with van der Waals surface area (Å²) in [5.41, 5.74) is 5.84. The lowest BCUT2D eigenvalue weighted by Crippen LogP contribution is -2.28. The minimum Gasteiger partial charge on any atom is -0.382 e. The standard InChI is InChI=1S/C17H19ClF3N3/c18-10-5-6-14-13(7-10)15(9-16(24-14)17(19,20)21)23-12-4-2-1-3-11(22)8-12/h5-7,9,11-12H,1-4,8,22H2,(H,23,24). The van der Waals surface area contributed by atoms with Crippen molar-refractivity contribution in [3.05, 3.63) is 35.0 Å². The van der Waals surface area contributed by atoms with Crippen LogP contribution in [0.3, 0.4) is 0 Å². The summed E-state index contributed by atoms with van der Waals surface area (Å²) in [7, 11) is 0. The molecule has 130 valence electrons. The Bertz CT molecular complexity index is 733. The van der Waals surface area contributed by atoms with E-state index in [-0.39, 0.29) is 17.6 Å². The molecule has 3 N–H and O–H groups in total. The zero-order valence-electron chi connectivity index (χ0n) is 13.0. The second kappa shape index (κ2) is 6.76. The highest BCUT2D eigenvalue weighted by Gasteiger charge is 2.33. The van der Waals surface area contributed by atoms with E-state index in [1.165, 1.54) is 6.07 Å². The summed E-state index contributed by atoms with van der Waals surface area (Å²) < 4.78 is 39.4. The van der Waals surface area contributed by atoms with Gasteiger partial charge >= 0.3 is 6.18 Å². The Balaban J connectivity index is 2.02. The molecule has 1 aliphatic carbocycles. The number of halogens is 4. The maximum absolute atomic E-state index is 13.1. The molecule has 0 saturated heterocycles. The van der Waals surface area contributed by atoms with Gasteiger partial charge in [0.2, 0.25) is 0 Å². The van der Waals surface area contributed by atoms with E-state index in [9.17, 15) is 13.2 Å². The summed E-state index contributed by atoms with van der Waals surface area (Å²) in [4.78, 5) is 3.73. The summed E-state index contributed by atoms with van der Waals surface area (Å²) in [5.74, 6) is 0. The van der Waals surface area contributed by atoms with Crippen LogP contribution in [0.4, 0.5) is 18.9 Å². The summed E-state index contributed by atoms with van der Waals surface area (Å²) in [6.07, 6.45) is 0.154. The number of fused-ring (bicyclic) bond motifs is 1. The fourth-order valence-electron chi connectivity index (χ4n) is 3.21. The molecule has 2 unspecified atom stereocenters. The average Bonchev–Trinajstić information content (AvgIpc) is 2.70. The number of aromatic nitrogens is 1. The van der Waals surface area contributed by atoms with Crippen molar-refractivity contribution in [1.29, 1.82) is 0 Å². The molecular formula is C17H19ClF3N3. The van der Waals surface area contributed by atoms with E-state index >= 15 is 0 Å². The summed E-state index contributed by atoms with van der Waals surface area (Å²) in [6, 6.07) is 5.88. The van der Waals surface area contributed by atoms with Gasteiger partial charge < -0.3 is 11.1 Å². The summed E-state index contributed by atoms with van der Waals surface area (Å²) >= 11 is 6.01. The molecule has 1 fully saturated rings. The molecule has 2 aromatic rings. The Morgan fingerprint density at radius 3 is 2.67 bits per heavy atom. The molecule has 1 heterocycles. The Kier molecular flexibility index (Phi) is 4.88. The molecule has 0 bridgehead atoms. The molecule has 1 saturated carbocycles. The van der Waals surface area contributed by atoms with E-state index in [2.05, 4.69) is 10.3 Å². The van der Waals surface area contributed by atoms with Crippen LogP contribution in [0, 0.1) is 0 Å². The normalized spacial score (nSPS) is 22.4. The van der Waals surface area contributed by atoms with Crippen molar-refractivity contribution in [2.75, 3.05) is 5.32 Å². The molecule has 1 aromatic carbocycles. The summed E-state index contributed by atoms with van der Waals surface area (Å²) in [6.45, 7) is 0. The third kappa shape index (κ3) is 3.92. The van der Waals surface area contributed by atoms with Gasteiger partial charge in [-0.2, -0.15) is 13.2 Å². The number of nitrogens with one attached hydrogen (secondary N) is 1. The molecule has 2 atom stereocenters. The van der Waals surface area contributed by atoms with Gasteiger partial charge in [0, 0.05) is 28.2 Å². The van der Waals surface area contributed by atoms with Crippen LogP contribution in [0.2, 0.25) is 5.02 Å². The van der Waals surface area contributed by atoms with E-state index < -0.39 is 11.9 Å². The van der Waals surface area contributed by atoms with Crippen LogP contribution in [0.15, 0.2) is 24.3 Å². The van der Waals surface area contributed by atoms with Gasteiger partial charge in [-0.15, -0.1) is 0 Å². The zero-order valence-corrected chi connectivity index (χ0v) is 13.8. The van der Waals surface area contributed by atoms with Gasteiger partial charge in [-0.3, -0.25) is 0 Å². The number of hydrogen-bond acceptors (Lipinski definition) is 3. The van der Waals surface area contributed by atoms with Gasteiger partial charge in [0.15, 0.2) is 0 Å². The highest BCUT2D eigenvalue weighted by Crippen LogP contribution is 2.35. The van der Waals surface area contributed by atoms with Crippen LogP contribution in [-0.4, -0.2) is 17.1 Å². The van der Waals surface area contributed by atoms with Gasteiger partial charge in [-0.1, -0.05) is 24.4 Å². The van der Waals surface area contributed by atoms with Crippen molar-refractivity contribution in [1.82, 2.24) is 4.98 Å². The zero-order chi connectivity index (χ0) is 17.3. The Morgan fingerprint density at radius 1 is 1.17 bits per heavy atom. The minimum absolute atomic E-state index is 0.0492. The van der Waals surface area contributed by atoms with Crippen LogP contribution in [0.25, 0.3) is 10.9 Å². The number of nitrogens with two attached hydrogens (primary N) is 1. The molecular weight excluding hydrogens is 339 g/mol. The van der Waals surface area contributed by atoms with Crippen molar-refractivity contribution < 1.29 is 13.2 Å². The SMILES string of the molecule is NC1CCCCC(Nc2cc(C(F)(F)F)nc3ccc(Cl)cc23)C1. The van der Waals surface area contributed by atoms with Crippen molar-refractivity contribution in [3.63, 3.8) is 0 Å². The molecule has 1 aromatic heterocycles. The van der Waals surface area contributed by atoms with E-state index in [4.69, 9.17) is 17.3 Å². The second-order valence-corrected chi connectivity index (χ2v) is 6.77. The van der Waals surface area contributed by atoms with E-state index in [1.54, 1.807) is 12.1 Å². The van der Waals surface area contributed by atoms with Crippen molar-refractivity contribution >= 4 is 28.2 Å². The highest BCUT2D eigenvalue weighted by atomic mass is 35.5. The van der Waals surface area contributed by atoms with E-state index in [0.29, 0.717) is 16.1 Å². The molecule has 0 radical (unpaired) electrons. The number of hydrogen-bond donors (Lipinski definition) is 2. The van der Waals surface area contributed by atoms with Gasteiger partial charge in [-0.25, -0.2) is 4.98 Å². The lowest BCUT2D eigenvalue weighted by Gasteiger charge is -2.22. The number of alkyl halides is 3.